The third-order valence-corrected chi connectivity index (χ3v) is 4.19. The summed E-state index contributed by atoms with van der Waals surface area (Å²) in [6, 6.07) is 8.36. The van der Waals surface area contributed by atoms with Gasteiger partial charge in [0.25, 0.3) is 0 Å². The first-order valence-electron chi connectivity index (χ1n) is 6.73. The van der Waals surface area contributed by atoms with Crippen LogP contribution >= 0.6 is 0 Å². The first-order valence-corrected chi connectivity index (χ1v) is 6.73. The third kappa shape index (κ3) is 1.76. The van der Waals surface area contributed by atoms with Gasteiger partial charge in [0.15, 0.2) is 0 Å². The lowest BCUT2D eigenvalue weighted by Crippen LogP contribution is -2.21. The number of aryl methyl sites for hydroxylation is 1. The van der Waals surface area contributed by atoms with Crippen LogP contribution in [0.15, 0.2) is 30.5 Å². The topological polar surface area (TPSA) is 22.0 Å². The van der Waals surface area contributed by atoms with E-state index < -0.39 is 0 Å². The van der Waals surface area contributed by atoms with Crippen molar-refractivity contribution in [3.8, 4) is 0 Å². The number of fused-ring (bicyclic) bond motifs is 1. The molecule has 3 rings (SSSR count). The highest BCUT2D eigenvalue weighted by Crippen LogP contribution is 2.36. The maximum Gasteiger partial charge on any atom is 0.140 e. The molecule has 1 fully saturated rings. The minimum Gasteiger partial charge on any atom is -0.350 e. The fraction of sp³-hybridized carbons (Fsp3) is 0.438. The summed E-state index contributed by atoms with van der Waals surface area (Å²) in [5, 5.41) is 1.24. The van der Waals surface area contributed by atoms with Gasteiger partial charge >= 0.3 is 0 Å². The van der Waals surface area contributed by atoms with Crippen LogP contribution in [0.25, 0.3) is 10.9 Å². The van der Waals surface area contributed by atoms with E-state index in [4.69, 9.17) is 0 Å². The predicted octanol–water partition coefficient (Wildman–Crippen LogP) is 3.65. The Hall–Kier alpha value is -1.57. The highest BCUT2D eigenvalue weighted by molar-refractivity contribution is 5.93. The maximum absolute atomic E-state index is 12.2. The van der Waals surface area contributed by atoms with Crippen molar-refractivity contribution in [1.29, 1.82) is 0 Å². The van der Waals surface area contributed by atoms with E-state index in [0.717, 1.165) is 12.8 Å². The molecule has 0 unspecified atom stereocenters. The monoisotopic (exact) mass is 241 g/mol. The third-order valence-electron chi connectivity index (χ3n) is 4.19. The minimum atomic E-state index is 0.118. The van der Waals surface area contributed by atoms with E-state index in [0.29, 0.717) is 11.7 Å². The van der Waals surface area contributed by atoms with Gasteiger partial charge in [-0.3, -0.25) is 4.79 Å². The van der Waals surface area contributed by atoms with Crippen LogP contribution in [0.1, 0.15) is 37.7 Å². The van der Waals surface area contributed by atoms with Gasteiger partial charge in [-0.15, -0.1) is 0 Å². The number of aromatic nitrogens is 1. The van der Waals surface area contributed by atoms with Crippen LogP contribution in [-0.2, 0) is 11.8 Å². The van der Waals surface area contributed by atoms with Crippen LogP contribution in [0.5, 0.6) is 0 Å². The highest BCUT2D eigenvalue weighted by Gasteiger charge is 2.29. The standard InChI is InChI=1S/C16H19NO/c1-11-7-8-13(16(18)9-11)14-10-17(2)15-6-4-3-5-12(14)15/h3-6,10-11,13H,7-9H2,1-2H3/t11-,13-/m1/s1. The Morgan fingerprint density at radius 1 is 1.22 bits per heavy atom. The van der Waals surface area contributed by atoms with Gasteiger partial charge in [0.2, 0.25) is 0 Å². The van der Waals surface area contributed by atoms with E-state index in [1.54, 1.807) is 0 Å². The van der Waals surface area contributed by atoms with Crippen LogP contribution in [0.3, 0.4) is 0 Å². The van der Waals surface area contributed by atoms with E-state index in [9.17, 15) is 4.79 Å². The molecular formula is C16H19NO. The molecule has 2 aromatic rings. The molecule has 1 aromatic heterocycles. The predicted molar refractivity (Wildman–Crippen MR) is 73.7 cm³/mol. The number of ketones is 1. The van der Waals surface area contributed by atoms with E-state index in [1.165, 1.54) is 22.9 Å². The molecule has 1 saturated carbocycles. The Labute approximate surface area is 108 Å². The highest BCUT2D eigenvalue weighted by atomic mass is 16.1. The Morgan fingerprint density at radius 2 is 2.00 bits per heavy atom. The molecule has 0 bridgehead atoms. The van der Waals surface area contributed by atoms with Gasteiger partial charge in [-0.05, 0) is 30.4 Å². The summed E-state index contributed by atoms with van der Waals surface area (Å²) in [5.74, 6) is 1.10. The molecular weight excluding hydrogens is 222 g/mol. The molecule has 0 amide bonds. The lowest BCUT2D eigenvalue weighted by atomic mass is 9.78. The smallest absolute Gasteiger partial charge is 0.140 e. The van der Waals surface area contributed by atoms with Crippen molar-refractivity contribution in [2.45, 2.75) is 32.1 Å². The largest absolute Gasteiger partial charge is 0.350 e. The fourth-order valence-corrected chi connectivity index (χ4v) is 3.18. The number of hydrogen-bond donors (Lipinski definition) is 0. The van der Waals surface area contributed by atoms with Gasteiger partial charge < -0.3 is 4.57 Å². The summed E-state index contributed by atoms with van der Waals surface area (Å²) in [4.78, 5) is 12.2. The number of carbonyl (C=O) groups excluding carboxylic acids is 1. The second kappa shape index (κ2) is 4.27. The van der Waals surface area contributed by atoms with E-state index in [2.05, 4.69) is 49.0 Å². The van der Waals surface area contributed by atoms with E-state index >= 15 is 0 Å². The molecule has 1 aliphatic carbocycles. The number of nitrogens with zero attached hydrogens (tertiary/aromatic N) is 1. The number of para-hydroxylation sites is 1. The van der Waals surface area contributed by atoms with Gasteiger partial charge in [0, 0.05) is 36.5 Å². The number of rotatable bonds is 1. The molecule has 0 N–H and O–H groups in total. The normalized spacial score (nSPS) is 24.7. The summed E-state index contributed by atoms with van der Waals surface area (Å²) >= 11 is 0. The minimum absolute atomic E-state index is 0.118. The fourth-order valence-electron chi connectivity index (χ4n) is 3.18. The van der Waals surface area contributed by atoms with Gasteiger partial charge in [-0.2, -0.15) is 0 Å². The van der Waals surface area contributed by atoms with Crippen molar-refractivity contribution in [3.05, 3.63) is 36.0 Å². The average molecular weight is 241 g/mol. The summed E-state index contributed by atoms with van der Waals surface area (Å²) in [7, 11) is 2.06. The van der Waals surface area contributed by atoms with Gasteiger partial charge in [-0.25, -0.2) is 0 Å². The lowest BCUT2D eigenvalue weighted by Gasteiger charge is -2.24. The van der Waals surface area contributed by atoms with Crippen molar-refractivity contribution in [2.75, 3.05) is 0 Å². The zero-order valence-electron chi connectivity index (χ0n) is 11.0. The zero-order chi connectivity index (χ0) is 12.7. The van der Waals surface area contributed by atoms with Crippen LogP contribution < -0.4 is 0 Å². The number of hydrogen-bond acceptors (Lipinski definition) is 1. The van der Waals surface area contributed by atoms with Crippen LogP contribution in [-0.4, -0.2) is 10.4 Å². The molecule has 1 aliphatic rings. The Morgan fingerprint density at radius 3 is 2.78 bits per heavy atom. The first-order chi connectivity index (χ1) is 8.66. The number of carbonyl (C=O) groups is 1. The van der Waals surface area contributed by atoms with Crippen molar-refractivity contribution in [1.82, 2.24) is 4.57 Å². The Kier molecular flexibility index (Phi) is 2.73. The SMILES string of the molecule is C[C@@H]1CC[C@H](c2cn(C)c3ccccc23)C(=O)C1. The molecule has 2 heteroatoms. The summed E-state index contributed by atoms with van der Waals surface area (Å²) in [5.41, 5.74) is 2.45. The first kappa shape index (κ1) is 11.5. The van der Waals surface area contributed by atoms with E-state index in [-0.39, 0.29) is 5.92 Å². The van der Waals surface area contributed by atoms with Crippen molar-refractivity contribution in [2.24, 2.45) is 13.0 Å². The summed E-state index contributed by atoms with van der Waals surface area (Å²) < 4.78 is 2.13. The van der Waals surface area contributed by atoms with Crippen LogP contribution in [0, 0.1) is 5.92 Å². The summed E-state index contributed by atoms with van der Waals surface area (Å²) in [6.45, 7) is 2.18. The van der Waals surface area contributed by atoms with E-state index in [1.807, 2.05) is 0 Å². The molecule has 1 heterocycles. The van der Waals surface area contributed by atoms with Crippen molar-refractivity contribution < 1.29 is 4.79 Å². The molecule has 1 aromatic carbocycles. The molecule has 0 saturated heterocycles. The second-order valence-electron chi connectivity index (χ2n) is 5.62. The van der Waals surface area contributed by atoms with Gasteiger partial charge in [-0.1, -0.05) is 25.1 Å². The lowest BCUT2D eigenvalue weighted by molar-refractivity contribution is -0.122. The molecule has 2 atom stereocenters. The second-order valence-corrected chi connectivity index (χ2v) is 5.62. The molecule has 0 radical (unpaired) electrons. The maximum atomic E-state index is 12.2. The van der Waals surface area contributed by atoms with Gasteiger partial charge in [0.05, 0.1) is 0 Å². The molecule has 2 nitrogen and oxygen atoms in total. The van der Waals surface area contributed by atoms with Crippen molar-refractivity contribution in [3.63, 3.8) is 0 Å². The molecule has 0 spiro atoms. The molecule has 94 valence electrons. The Balaban J connectivity index is 2.07. The summed E-state index contributed by atoms with van der Waals surface area (Å²) in [6.07, 6.45) is 5.06. The number of Topliss-reactive ketones (excluding diaryl/α,β-unsaturated/α-hetero) is 1. The average Bonchev–Trinajstić information content (AvgIpc) is 2.68. The number of benzene rings is 1. The Bertz CT molecular complexity index is 596. The zero-order valence-corrected chi connectivity index (χ0v) is 11.0. The van der Waals surface area contributed by atoms with Gasteiger partial charge in [0.1, 0.15) is 5.78 Å². The van der Waals surface area contributed by atoms with Crippen molar-refractivity contribution >= 4 is 16.7 Å². The quantitative estimate of drug-likeness (QED) is 0.747. The molecule has 0 aliphatic heterocycles. The van der Waals surface area contributed by atoms with Crippen LogP contribution in [0.2, 0.25) is 0 Å². The molecule has 18 heavy (non-hydrogen) atoms. The van der Waals surface area contributed by atoms with Crippen LogP contribution in [0.4, 0.5) is 0 Å².